The van der Waals surface area contributed by atoms with E-state index < -0.39 is 61.3 Å². The van der Waals surface area contributed by atoms with Gasteiger partial charge in [0.15, 0.2) is 0 Å². The number of carbonyl (C=O) groups excluding carboxylic acids is 4. The molecular weight excluding hydrogens is 693 g/mol. The number of amides is 4. The molecule has 16 heteroatoms. The Kier molecular flexibility index (Phi) is 12.8. The predicted octanol–water partition coefficient (Wildman–Crippen LogP) is 3.34. The number of aryl methyl sites for hydroxylation is 2. The first kappa shape index (κ1) is 37.6. The number of phenols is 1. The maximum Gasteiger partial charge on any atom is 0.305 e. The highest BCUT2D eigenvalue weighted by atomic mass is 35.5. The van der Waals surface area contributed by atoms with Crippen LogP contribution in [0.4, 0.5) is 11.4 Å². The first-order chi connectivity index (χ1) is 23.8. The monoisotopic (exact) mass is 727 g/mol. The Balaban J connectivity index is 1.59. The van der Waals surface area contributed by atoms with Crippen LogP contribution in [0.25, 0.3) is 0 Å². The third-order valence-electron chi connectivity index (χ3n) is 7.71. The standard InChI is InChI=1S/C34H35Cl2N5O9/c1-19-12-21(13-20(2)32(19)47)33(48)39-26-16-40(30(44)10-11-42)27-8-3-4-9-28(27)41(34(26)49)17-29(43)38-22(14-31(45)46)15-37-50-18-23-24(35)6-5-7-25(23)36/h3-9,12-13,15,22,26,42,47H,10-11,14,16-18H2,1-2H3,(H,38,43)(H,39,48)(H,45,46)/b37-15+/t22-,26-/m0/s1. The first-order valence-electron chi connectivity index (χ1n) is 15.3. The van der Waals surface area contributed by atoms with E-state index in [1.165, 1.54) is 23.1 Å². The van der Waals surface area contributed by atoms with Crippen LogP contribution < -0.4 is 20.4 Å². The van der Waals surface area contributed by atoms with Crippen LogP contribution in [0.3, 0.4) is 0 Å². The van der Waals surface area contributed by atoms with Crippen LogP contribution in [0.15, 0.2) is 59.8 Å². The minimum absolute atomic E-state index is 0.0169. The van der Waals surface area contributed by atoms with E-state index in [-0.39, 0.29) is 42.3 Å². The molecule has 2 atom stereocenters. The molecule has 3 aromatic rings. The number of carboxylic acid groups (broad SMARTS) is 1. The maximum atomic E-state index is 14.1. The van der Waals surface area contributed by atoms with E-state index in [0.717, 1.165) is 11.1 Å². The van der Waals surface area contributed by atoms with Gasteiger partial charge in [-0.3, -0.25) is 28.9 Å². The summed E-state index contributed by atoms with van der Waals surface area (Å²) < 4.78 is 0. The van der Waals surface area contributed by atoms with Crippen LogP contribution in [0.1, 0.15) is 39.9 Å². The normalized spacial score (nSPS) is 14.9. The predicted molar refractivity (Wildman–Crippen MR) is 186 cm³/mol. The van der Waals surface area contributed by atoms with Crippen LogP contribution in [-0.4, -0.2) is 82.9 Å². The number of halogens is 2. The highest BCUT2D eigenvalue weighted by Crippen LogP contribution is 2.33. The van der Waals surface area contributed by atoms with Crippen molar-refractivity contribution in [3.63, 3.8) is 0 Å². The van der Waals surface area contributed by atoms with Gasteiger partial charge in [-0.05, 0) is 61.4 Å². The molecular formula is C34H35Cl2N5O9. The second kappa shape index (κ2) is 17.0. The fourth-order valence-electron chi connectivity index (χ4n) is 5.27. The molecule has 0 bridgehead atoms. The summed E-state index contributed by atoms with van der Waals surface area (Å²) in [4.78, 5) is 73.4. The van der Waals surface area contributed by atoms with Gasteiger partial charge in [0.05, 0.1) is 49.6 Å². The number of nitrogens with zero attached hydrogens (tertiary/aromatic N) is 3. The summed E-state index contributed by atoms with van der Waals surface area (Å²) in [6, 6.07) is 11.5. The van der Waals surface area contributed by atoms with Crippen LogP contribution in [-0.2, 0) is 30.6 Å². The molecule has 0 saturated carbocycles. The number of hydrogen-bond acceptors (Lipinski definition) is 9. The van der Waals surface area contributed by atoms with Gasteiger partial charge in [0.1, 0.15) is 24.9 Å². The van der Waals surface area contributed by atoms with Crippen molar-refractivity contribution in [2.45, 2.75) is 45.4 Å². The fraction of sp³-hybridized carbons (Fsp3) is 0.294. The van der Waals surface area contributed by atoms with Crippen molar-refractivity contribution in [1.82, 2.24) is 10.6 Å². The number of carbonyl (C=O) groups is 5. The molecule has 0 fully saturated rings. The quantitative estimate of drug-likeness (QED) is 0.129. The molecule has 1 heterocycles. The molecule has 0 saturated heterocycles. The molecule has 264 valence electrons. The van der Waals surface area contributed by atoms with E-state index in [1.807, 2.05) is 0 Å². The molecule has 3 aromatic carbocycles. The van der Waals surface area contributed by atoms with Gasteiger partial charge < -0.3 is 35.7 Å². The Labute approximate surface area is 297 Å². The number of nitrogens with one attached hydrogen (secondary N) is 2. The number of aliphatic hydroxyl groups is 1. The summed E-state index contributed by atoms with van der Waals surface area (Å²) >= 11 is 12.3. The van der Waals surface area contributed by atoms with Gasteiger partial charge in [0.25, 0.3) is 11.8 Å². The Morgan fingerprint density at radius 2 is 1.68 bits per heavy atom. The average molecular weight is 729 g/mol. The summed E-state index contributed by atoms with van der Waals surface area (Å²) in [7, 11) is 0. The number of carboxylic acids is 1. The third kappa shape index (κ3) is 9.28. The van der Waals surface area contributed by atoms with Gasteiger partial charge in [0, 0.05) is 21.2 Å². The number of rotatable bonds is 13. The molecule has 4 amide bonds. The SMILES string of the molecule is Cc1cc(C(=O)N[C@H]2CN(C(=O)CCO)c3ccccc3N(CC(=O)N[C@H](/C=N/OCc3c(Cl)cccc3Cl)CC(=O)O)C2=O)cc(C)c1O. The largest absolute Gasteiger partial charge is 0.507 e. The third-order valence-corrected chi connectivity index (χ3v) is 8.41. The van der Waals surface area contributed by atoms with Gasteiger partial charge in [-0.1, -0.05) is 46.6 Å². The summed E-state index contributed by atoms with van der Waals surface area (Å²) in [5.74, 6) is -3.97. The van der Waals surface area contributed by atoms with E-state index in [4.69, 9.17) is 28.0 Å². The van der Waals surface area contributed by atoms with Gasteiger partial charge in [0.2, 0.25) is 11.8 Å². The van der Waals surface area contributed by atoms with E-state index in [2.05, 4.69) is 15.8 Å². The number of phenolic OH excluding ortho intramolecular Hbond substituents is 1. The first-order valence-corrected chi connectivity index (χ1v) is 16.1. The maximum absolute atomic E-state index is 14.1. The van der Waals surface area contributed by atoms with Crippen molar-refractivity contribution in [2.24, 2.45) is 5.16 Å². The van der Waals surface area contributed by atoms with Crippen LogP contribution >= 0.6 is 23.2 Å². The van der Waals surface area contributed by atoms with Gasteiger partial charge in [-0.2, -0.15) is 0 Å². The molecule has 50 heavy (non-hydrogen) atoms. The molecule has 4 rings (SSSR count). The summed E-state index contributed by atoms with van der Waals surface area (Å²) in [5, 5.41) is 38.8. The zero-order chi connectivity index (χ0) is 36.5. The Morgan fingerprint density at radius 1 is 1.04 bits per heavy atom. The number of hydrogen-bond donors (Lipinski definition) is 5. The van der Waals surface area contributed by atoms with E-state index >= 15 is 0 Å². The van der Waals surface area contributed by atoms with Crippen LogP contribution in [0.2, 0.25) is 10.0 Å². The van der Waals surface area contributed by atoms with Crippen molar-refractivity contribution in [3.05, 3.63) is 86.9 Å². The molecule has 1 aliphatic heterocycles. The Bertz CT molecular complexity index is 1780. The van der Waals surface area contributed by atoms with E-state index in [0.29, 0.717) is 26.7 Å². The summed E-state index contributed by atoms with van der Waals surface area (Å²) in [6.45, 7) is 1.67. The molecule has 5 N–H and O–H groups in total. The summed E-state index contributed by atoms with van der Waals surface area (Å²) in [6.07, 6.45) is 0.222. The molecule has 0 aromatic heterocycles. The second-order valence-electron chi connectivity index (χ2n) is 11.4. The minimum atomic E-state index is -1.36. The van der Waals surface area contributed by atoms with Gasteiger partial charge >= 0.3 is 5.97 Å². The molecule has 0 unspecified atom stereocenters. The zero-order valence-electron chi connectivity index (χ0n) is 27.1. The topological polar surface area (TPSA) is 198 Å². The van der Waals surface area contributed by atoms with Gasteiger partial charge in [-0.15, -0.1) is 0 Å². The number of aromatic hydroxyl groups is 1. The zero-order valence-corrected chi connectivity index (χ0v) is 28.6. The lowest BCUT2D eigenvalue weighted by molar-refractivity contribution is -0.137. The second-order valence-corrected chi connectivity index (χ2v) is 12.2. The highest BCUT2D eigenvalue weighted by molar-refractivity contribution is 6.36. The lowest BCUT2D eigenvalue weighted by Crippen LogP contribution is -2.54. The smallest absolute Gasteiger partial charge is 0.305 e. The fourth-order valence-corrected chi connectivity index (χ4v) is 5.77. The Morgan fingerprint density at radius 3 is 2.30 bits per heavy atom. The molecule has 0 radical (unpaired) electrons. The number of aliphatic hydroxyl groups excluding tert-OH is 1. The van der Waals surface area contributed by atoms with Crippen molar-refractivity contribution >= 4 is 70.4 Å². The highest BCUT2D eigenvalue weighted by Gasteiger charge is 2.38. The average Bonchev–Trinajstić information content (AvgIpc) is 3.17. The molecule has 1 aliphatic rings. The van der Waals surface area contributed by atoms with Crippen molar-refractivity contribution < 1.29 is 44.1 Å². The molecule has 14 nitrogen and oxygen atoms in total. The van der Waals surface area contributed by atoms with Crippen molar-refractivity contribution in [3.8, 4) is 5.75 Å². The van der Waals surface area contributed by atoms with Crippen molar-refractivity contribution in [1.29, 1.82) is 0 Å². The number of benzene rings is 3. The number of anilines is 2. The minimum Gasteiger partial charge on any atom is -0.507 e. The number of para-hydroxylation sites is 2. The number of oxime groups is 1. The van der Waals surface area contributed by atoms with Crippen LogP contribution in [0, 0.1) is 13.8 Å². The van der Waals surface area contributed by atoms with Crippen LogP contribution in [0.5, 0.6) is 5.75 Å². The molecule has 0 aliphatic carbocycles. The summed E-state index contributed by atoms with van der Waals surface area (Å²) in [5.41, 5.74) is 1.88. The van der Waals surface area contributed by atoms with Crippen molar-refractivity contribution in [2.75, 3.05) is 29.5 Å². The van der Waals surface area contributed by atoms with Gasteiger partial charge in [-0.25, -0.2) is 0 Å². The lowest BCUT2D eigenvalue weighted by atomic mass is 10.0. The Hall–Kier alpha value is -5.18. The lowest BCUT2D eigenvalue weighted by Gasteiger charge is -2.25. The molecule has 0 spiro atoms. The number of fused-ring (bicyclic) bond motifs is 1. The van der Waals surface area contributed by atoms with E-state index in [9.17, 15) is 39.3 Å². The number of aliphatic carboxylic acids is 1. The van der Waals surface area contributed by atoms with E-state index in [1.54, 1.807) is 50.2 Å².